The van der Waals surface area contributed by atoms with Gasteiger partial charge in [-0.2, -0.15) is 0 Å². The molecule has 0 fully saturated rings. The maximum Gasteiger partial charge on any atom is 0.261 e. The predicted molar refractivity (Wildman–Crippen MR) is 111 cm³/mol. The van der Waals surface area contributed by atoms with E-state index in [1.807, 2.05) is 36.4 Å². The van der Waals surface area contributed by atoms with Crippen molar-refractivity contribution in [2.45, 2.75) is 33.1 Å². The quantitative estimate of drug-likeness (QED) is 0.464. The molecule has 0 saturated heterocycles. The van der Waals surface area contributed by atoms with Crippen molar-refractivity contribution >= 4 is 23.2 Å². The van der Waals surface area contributed by atoms with Crippen LogP contribution in [0, 0.1) is 6.92 Å². The van der Waals surface area contributed by atoms with Crippen molar-refractivity contribution in [2.75, 3.05) is 11.9 Å². The van der Waals surface area contributed by atoms with Crippen LogP contribution in [0.2, 0.25) is 5.02 Å². The molecule has 0 saturated carbocycles. The first-order valence-corrected chi connectivity index (χ1v) is 9.73. The monoisotopic (exact) mass is 398 g/mol. The highest BCUT2D eigenvalue weighted by atomic mass is 35.5. The fourth-order valence-electron chi connectivity index (χ4n) is 2.85. The fraction of sp³-hybridized carbons (Fsp3) is 0.273. The van der Waals surface area contributed by atoms with Gasteiger partial charge in [-0.3, -0.25) is 4.79 Å². The average molecular weight is 399 g/mol. The third-order valence-electron chi connectivity index (χ3n) is 4.35. The summed E-state index contributed by atoms with van der Waals surface area (Å²) in [5.74, 6) is 0.917. The molecule has 3 rings (SSSR count). The van der Waals surface area contributed by atoms with Crippen LogP contribution in [0.25, 0.3) is 11.3 Å². The van der Waals surface area contributed by atoms with Crippen LogP contribution < -0.4 is 10.1 Å². The van der Waals surface area contributed by atoms with E-state index in [4.69, 9.17) is 20.9 Å². The van der Waals surface area contributed by atoms with Gasteiger partial charge >= 0.3 is 0 Å². The summed E-state index contributed by atoms with van der Waals surface area (Å²) in [4.78, 5) is 12.8. The smallest absolute Gasteiger partial charge is 0.261 e. The number of carbonyl (C=O) groups is 1. The van der Waals surface area contributed by atoms with Crippen LogP contribution in [0.4, 0.5) is 5.69 Å². The number of aryl methyl sites for hydroxylation is 1. The van der Waals surface area contributed by atoms with Crippen molar-refractivity contribution in [3.8, 4) is 17.0 Å². The van der Waals surface area contributed by atoms with E-state index in [0.717, 1.165) is 25.0 Å². The Balaban J connectivity index is 1.72. The fourth-order valence-corrected chi connectivity index (χ4v) is 3.07. The van der Waals surface area contributed by atoms with Gasteiger partial charge in [0.15, 0.2) is 0 Å². The Morgan fingerprint density at radius 2 is 1.89 bits per heavy atom. The van der Waals surface area contributed by atoms with E-state index in [0.29, 0.717) is 39.9 Å². The molecule has 0 radical (unpaired) electrons. The van der Waals surface area contributed by atoms with Crippen LogP contribution in [0.1, 0.15) is 42.3 Å². The number of hydrogen-bond acceptors (Lipinski definition) is 4. The first-order chi connectivity index (χ1) is 13.6. The minimum Gasteiger partial charge on any atom is -0.494 e. The van der Waals surface area contributed by atoms with Crippen molar-refractivity contribution in [3.63, 3.8) is 0 Å². The summed E-state index contributed by atoms with van der Waals surface area (Å²) < 4.78 is 11.0. The van der Waals surface area contributed by atoms with Crippen LogP contribution >= 0.6 is 11.6 Å². The summed E-state index contributed by atoms with van der Waals surface area (Å²) in [5, 5.41) is 7.42. The number of rotatable bonds is 8. The van der Waals surface area contributed by atoms with E-state index in [1.54, 1.807) is 19.1 Å². The van der Waals surface area contributed by atoms with Crippen LogP contribution in [0.5, 0.6) is 5.75 Å². The summed E-state index contributed by atoms with van der Waals surface area (Å²) >= 11 is 6.26. The van der Waals surface area contributed by atoms with E-state index < -0.39 is 0 Å². The Bertz CT molecular complexity index is 935. The lowest BCUT2D eigenvalue weighted by Crippen LogP contribution is -2.13. The second kappa shape index (κ2) is 9.42. The molecular formula is C22H23ClN2O3. The Morgan fingerprint density at radius 3 is 2.61 bits per heavy atom. The largest absolute Gasteiger partial charge is 0.494 e. The molecule has 6 heteroatoms. The summed E-state index contributed by atoms with van der Waals surface area (Å²) in [6.45, 7) is 4.56. The number of unbranched alkanes of at least 4 members (excludes halogenated alkanes) is 2. The van der Waals surface area contributed by atoms with E-state index >= 15 is 0 Å². The van der Waals surface area contributed by atoms with Crippen LogP contribution in [0.15, 0.2) is 53.1 Å². The molecular weight excluding hydrogens is 376 g/mol. The molecule has 0 aliphatic rings. The van der Waals surface area contributed by atoms with Gasteiger partial charge in [-0.25, -0.2) is 0 Å². The summed E-state index contributed by atoms with van der Waals surface area (Å²) in [7, 11) is 0. The minimum absolute atomic E-state index is 0.301. The lowest BCUT2D eigenvalue weighted by Gasteiger charge is -2.09. The van der Waals surface area contributed by atoms with Crippen molar-refractivity contribution in [1.82, 2.24) is 5.16 Å². The van der Waals surface area contributed by atoms with Gasteiger partial charge in [-0.05, 0) is 43.7 Å². The van der Waals surface area contributed by atoms with Gasteiger partial charge in [0, 0.05) is 11.3 Å². The molecule has 2 aromatic carbocycles. The zero-order valence-corrected chi connectivity index (χ0v) is 16.8. The highest BCUT2D eigenvalue weighted by molar-refractivity contribution is 6.33. The van der Waals surface area contributed by atoms with Crippen molar-refractivity contribution in [2.24, 2.45) is 0 Å². The topological polar surface area (TPSA) is 64.4 Å². The Kier molecular flexibility index (Phi) is 6.71. The molecule has 0 aliphatic carbocycles. The number of aromatic nitrogens is 1. The van der Waals surface area contributed by atoms with Gasteiger partial charge in [0.25, 0.3) is 5.91 Å². The first-order valence-electron chi connectivity index (χ1n) is 9.35. The van der Waals surface area contributed by atoms with Gasteiger partial charge in [0.05, 0.1) is 11.6 Å². The molecule has 0 spiro atoms. The highest BCUT2D eigenvalue weighted by Gasteiger charge is 2.23. The molecule has 0 aliphatic heterocycles. The number of anilines is 1. The average Bonchev–Trinajstić information content (AvgIpc) is 3.08. The second-order valence-electron chi connectivity index (χ2n) is 6.48. The Labute approximate surface area is 169 Å². The minimum atomic E-state index is -0.301. The third-order valence-corrected chi connectivity index (χ3v) is 4.68. The second-order valence-corrected chi connectivity index (χ2v) is 6.88. The van der Waals surface area contributed by atoms with Crippen molar-refractivity contribution in [3.05, 3.63) is 64.9 Å². The SMILES string of the molecule is CCCCCOc1ccc(NC(=O)c2c(-c3ccccc3Cl)noc2C)cc1. The zero-order valence-electron chi connectivity index (χ0n) is 16.0. The molecule has 0 unspecified atom stereocenters. The number of halogens is 1. The third kappa shape index (κ3) is 4.73. The summed E-state index contributed by atoms with van der Waals surface area (Å²) in [5.41, 5.74) is 2.11. The first kappa shape index (κ1) is 20.0. The van der Waals surface area contributed by atoms with Crippen molar-refractivity contribution < 1.29 is 14.1 Å². The number of hydrogen-bond donors (Lipinski definition) is 1. The molecule has 146 valence electrons. The maximum absolute atomic E-state index is 12.8. The normalized spacial score (nSPS) is 10.7. The van der Waals surface area contributed by atoms with Crippen LogP contribution in [-0.2, 0) is 0 Å². The zero-order chi connectivity index (χ0) is 19.9. The van der Waals surface area contributed by atoms with Crippen LogP contribution in [0.3, 0.4) is 0 Å². The molecule has 1 N–H and O–H groups in total. The van der Waals surface area contributed by atoms with Crippen LogP contribution in [-0.4, -0.2) is 17.7 Å². The van der Waals surface area contributed by atoms with Gasteiger partial charge in [-0.15, -0.1) is 0 Å². The lowest BCUT2D eigenvalue weighted by atomic mass is 10.1. The Hall–Kier alpha value is -2.79. The summed E-state index contributed by atoms with van der Waals surface area (Å²) in [6.07, 6.45) is 3.35. The molecule has 28 heavy (non-hydrogen) atoms. The van der Waals surface area contributed by atoms with Gasteiger partial charge in [0.2, 0.25) is 0 Å². The number of nitrogens with zero attached hydrogens (tertiary/aromatic N) is 1. The number of ether oxygens (including phenoxy) is 1. The van der Waals surface area contributed by atoms with Gasteiger partial charge < -0.3 is 14.6 Å². The number of benzene rings is 2. The van der Waals surface area contributed by atoms with Gasteiger partial charge in [-0.1, -0.05) is 54.7 Å². The molecule has 1 heterocycles. The molecule has 0 atom stereocenters. The lowest BCUT2D eigenvalue weighted by molar-refractivity contribution is 0.102. The standard InChI is InChI=1S/C22H23ClN2O3/c1-3-4-7-14-27-17-12-10-16(11-13-17)24-22(26)20-15(2)28-25-21(20)18-8-5-6-9-19(18)23/h5-6,8-13H,3-4,7,14H2,1-2H3,(H,24,26). The van der Waals surface area contributed by atoms with Gasteiger partial charge in [0.1, 0.15) is 22.8 Å². The number of nitrogens with one attached hydrogen (secondary N) is 1. The van der Waals surface area contributed by atoms with E-state index in [1.165, 1.54) is 0 Å². The maximum atomic E-state index is 12.8. The highest BCUT2D eigenvalue weighted by Crippen LogP contribution is 2.31. The molecule has 0 bridgehead atoms. The number of carbonyl (C=O) groups excluding carboxylic acids is 1. The molecule has 5 nitrogen and oxygen atoms in total. The summed E-state index contributed by atoms with van der Waals surface area (Å²) in [6, 6.07) is 14.5. The van der Waals surface area contributed by atoms with E-state index in [2.05, 4.69) is 17.4 Å². The molecule has 3 aromatic rings. The van der Waals surface area contributed by atoms with Crippen molar-refractivity contribution in [1.29, 1.82) is 0 Å². The molecule has 1 amide bonds. The van der Waals surface area contributed by atoms with E-state index in [9.17, 15) is 4.79 Å². The number of amides is 1. The molecule has 1 aromatic heterocycles. The Morgan fingerprint density at radius 1 is 1.14 bits per heavy atom. The van der Waals surface area contributed by atoms with E-state index in [-0.39, 0.29) is 5.91 Å². The predicted octanol–water partition coefficient (Wildman–Crippen LogP) is 6.12.